The molecule has 0 spiro atoms. The molecule has 3 nitrogen and oxygen atoms in total. The van der Waals surface area contributed by atoms with E-state index in [2.05, 4.69) is 41.6 Å². The standard InChI is InChI=1S/C15H19N3/c1-12-2-5-14(6-3-12)15(18-16)7-4-13-8-10-17-11-9-13/h2-3,5-6,8-11,15,18H,4,7,16H2,1H3. The summed E-state index contributed by atoms with van der Waals surface area (Å²) in [6.45, 7) is 2.09. The Bertz CT molecular complexity index is 465. The van der Waals surface area contributed by atoms with Gasteiger partial charge in [0.25, 0.3) is 0 Å². The molecule has 0 saturated heterocycles. The maximum Gasteiger partial charge on any atom is 0.0463 e. The molecule has 0 aliphatic carbocycles. The molecule has 3 heteroatoms. The van der Waals surface area contributed by atoms with Crippen molar-refractivity contribution in [3.05, 3.63) is 65.5 Å². The fourth-order valence-corrected chi connectivity index (χ4v) is 2.01. The van der Waals surface area contributed by atoms with Crippen LogP contribution in [0.4, 0.5) is 0 Å². The minimum atomic E-state index is 0.193. The number of aryl methyl sites for hydroxylation is 2. The van der Waals surface area contributed by atoms with Crippen molar-refractivity contribution < 1.29 is 0 Å². The van der Waals surface area contributed by atoms with E-state index in [0.717, 1.165) is 12.8 Å². The summed E-state index contributed by atoms with van der Waals surface area (Å²) in [7, 11) is 0. The average Bonchev–Trinajstić information content (AvgIpc) is 2.42. The normalized spacial score (nSPS) is 12.3. The summed E-state index contributed by atoms with van der Waals surface area (Å²) in [5.41, 5.74) is 6.68. The molecule has 0 saturated carbocycles. The minimum Gasteiger partial charge on any atom is -0.271 e. The molecular weight excluding hydrogens is 222 g/mol. The molecule has 1 atom stereocenters. The predicted octanol–water partition coefficient (Wildman–Crippen LogP) is 2.53. The number of pyridine rings is 1. The maximum absolute atomic E-state index is 5.64. The molecule has 0 fully saturated rings. The van der Waals surface area contributed by atoms with Crippen molar-refractivity contribution in [2.75, 3.05) is 0 Å². The molecular formula is C15H19N3. The summed E-state index contributed by atoms with van der Waals surface area (Å²) in [4.78, 5) is 4.02. The molecule has 1 unspecified atom stereocenters. The fourth-order valence-electron chi connectivity index (χ4n) is 2.01. The highest BCUT2D eigenvalue weighted by Crippen LogP contribution is 2.18. The first-order valence-electron chi connectivity index (χ1n) is 6.21. The number of hydrogen-bond donors (Lipinski definition) is 2. The highest BCUT2D eigenvalue weighted by atomic mass is 15.2. The first kappa shape index (κ1) is 12.7. The molecule has 0 radical (unpaired) electrons. The van der Waals surface area contributed by atoms with Gasteiger partial charge in [0.15, 0.2) is 0 Å². The second kappa shape index (κ2) is 6.28. The molecule has 2 rings (SSSR count). The van der Waals surface area contributed by atoms with E-state index in [4.69, 9.17) is 5.84 Å². The Labute approximate surface area is 108 Å². The Morgan fingerprint density at radius 3 is 2.39 bits per heavy atom. The smallest absolute Gasteiger partial charge is 0.0463 e. The summed E-state index contributed by atoms with van der Waals surface area (Å²) >= 11 is 0. The highest BCUT2D eigenvalue weighted by Gasteiger charge is 2.09. The first-order valence-corrected chi connectivity index (χ1v) is 6.21. The van der Waals surface area contributed by atoms with Crippen molar-refractivity contribution in [3.63, 3.8) is 0 Å². The molecule has 1 aromatic heterocycles. The quantitative estimate of drug-likeness (QED) is 0.624. The van der Waals surface area contributed by atoms with E-state index in [-0.39, 0.29) is 6.04 Å². The van der Waals surface area contributed by atoms with Crippen LogP contribution in [0.3, 0.4) is 0 Å². The van der Waals surface area contributed by atoms with Gasteiger partial charge in [-0.1, -0.05) is 29.8 Å². The van der Waals surface area contributed by atoms with Gasteiger partial charge in [-0.25, -0.2) is 0 Å². The second-order valence-electron chi connectivity index (χ2n) is 4.52. The number of nitrogens with one attached hydrogen (secondary N) is 1. The monoisotopic (exact) mass is 241 g/mol. The van der Waals surface area contributed by atoms with Crippen LogP contribution in [0, 0.1) is 6.92 Å². The van der Waals surface area contributed by atoms with Crippen molar-refractivity contribution in [2.24, 2.45) is 5.84 Å². The Morgan fingerprint density at radius 2 is 1.78 bits per heavy atom. The molecule has 0 aliphatic heterocycles. The SMILES string of the molecule is Cc1ccc(C(CCc2ccncc2)NN)cc1. The number of rotatable bonds is 5. The third kappa shape index (κ3) is 3.39. The molecule has 2 aromatic rings. The van der Waals surface area contributed by atoms with Gasteiger partial charge < -0.3 is 0 Å². The highest BCUT2D eigenvalue weighted by molar-refractivity contribution is 5.24. The Morgan fingerprint density at radius 1 is 1.11 bits per heavy atom. The topological polar surface area (TPSA) is 50.9 Å². The van der Waals surface area contributed by atoms with E-state index in [1.165, 1.54) is 16.7 Å². The van der Waals surface area contributed by atoms with Crippen molar-refractivity contribution in [2.45, 2.75) is 25.8 Å². The van der Waals surface area contributed by atoms with Gasteiger partial charge in [-0.3, -0.25) is 16.3 Å². The third-order valence-corrected chi connectivity index (χ3v) is 3.15. The van der Waals surface area contributed by atoms with Gasteiger partial charge in [-0.05, 0) is 43.0 Å². The van der Waals surface area contributed by atoms with Crippen LogP contribution in [0.1, 0.15) is 29.2 Å². The molecule has 0 aliphatic rings. The Balaban J connectivity index is 1.99. The van der Waals surface area contributed by atoms with Crippen LogP contribution in [0.2, 0.25) is 0 Å². The molecule has 1 aromatic carbocycles. The van der Waals surface area contributed by atoms with Gasteiger partial charge in [0.2, 0.25) is 0 Å². The molecule has 0 bridgehead atoms. The van der Waals surface area contributed by atoms with Crippen LogP contribution in [0.15, 0.2) is 48.8 Å². The summed E-state index contributed by atoms with van der Waals surface area (Å²) in [5, 5.41) is 0. The van der Waals surface area contributed by atoms with E-state index >= 15 is 0 Å². The summed E-state index contributed by atoms with van der Waals surface area (Å²) in [6, 6.07) is 12.8. The Kier molecular flexibility index (Phi) is 4.45. The number of nitrogens with two attached hydrogens (primary N) is 1. The van der Waals surface area contributed by atoms with Crippen molar-refractivity contribution in [1.82, 2.24) is 10.4 Å². The van der Waals surface area contributed by atoms with Crippen LogP contribution in [0.25, 0.3) is 0 Å². The van der Waals surface area contributed by atoms with Gasteiger partial charge in [-0.2, -0.15) is 0 Å². The fraction of sp³-hybridized carbons (Fsp3) is 0.267. The zero-order valence-electron chi connectivity index (χ0n) is 10.6. The van der Waals surface area contributed by atoms with E-state index < -0.39 is 0 Å². The van der Waals surface area contributed by atoms with Crippen LogP contribution in [-0.2, 0) is 6.42 Å². The first-order chi connectivity index (χ1) is 8.79. The lowest BCUT2D eigenvalue weighted by Gasteiger charge is -2.16. The summed E-state index contributed by atoms with van der Waals surface area (Å²) in [5.74, 6) is 5.64. The lowest BCUT2D eigenvalue weighted by atomic mass is 9.99. The van der Waals surface area contributed by atoms with Crippen molar-refractivity contribution >= 4 is 0 Å². The number of hydrogen-bond acceptors (Lipinski definition) is 3. The number of aromatic nitrogens is 1. The lowest BCUT2D eigenvalue weighted by molar-refractivity contribution is 0.516. The van der Waals surface area contributed by atoms with Gasteiger partial charge in [0, 0.05) is 18.4 Å². The van der Waals surface area contributed by atoms with Crippen LogP contribution in [-0.4, -0.2) is 4.98 Å². The summed E-state index contributed by atoms with van der Waals surface area (Å²) < 4.78 is 0. The molecule has 3 N–H and O–H groups in total. The number of hydrazine groups is 1. The molecule has 1 heterocycles. The number of nitrogens with zero attached hydrogens (tertiary/aromatic N) is 1. The third-order valence-electron chi connectivity index (χ3n) is 3.15. The van der Waals surface area contributed by atoms with Gasteiger partial charge in [0.1, 0.15) is 0 Å². The van der Waals surface area contributed by atoms with Gasteiger partial charge >= 0.3 is 0 Å². The zero-order valence-corrected chi connectivity index (χ0v) is 10.6. The maximum atomic E-state index is 5.64. The van der Waals surface area contributed by atoms with Gasteiger partial charge in [0.05, 0.1) is 0 Å². The lowest BCUT2D eigenvalue weighted by Crippen LogP contribution is -2.28. The predicted molar refractivity (Wildman–Crippen MR) is 73.8 cm³/mol. The van der Waals surface area contributed by atoms with Crippen LogP contribution < -0.4 is 11.3 Å². The second-order valence-corrected chi connectivity index (χ2v) is 4.52. The van der Waals surface area contributed by atoms with Crippen molar-refractivity contribution in [1.29, 1.82) is 0 Å². The number of benzene rings is 1. The average molecular weight is 241 g/mol. The van der Waals surface area contributed by atoms with Crippen molar-refractivity contribution in [3.8, 4) is 0 Å². The van der Waals surface area contributed by atoms with Crippen LogP contribution in [0.5, 0.6) is 0 Å². The van der Waals surface area contributed by atoms with Gasteiger partial charge in [-0.15, -0.1) is 0 Å². The largest absolute Gasteiger partial charge is 0.271 e. The molecule has 94 valence electrons. The minimum absolute atomic E-state index is 0.193. The molecule has 18 heavy (non-hydrogen) atoms. The van der Waals surface area contributed by atoms with E-state index in [0.29, 0.717) is 0 Å². The van der Waals surface area contributed by atoms with E-state index in [1.807, 2.05) is 24.5 Å². The summed E-state index contributed by atoms with van der Waals surface area (Å²) in [6.07, 6.45) is 5.62. The van der Waals surface area contributed by atoms with E-state index in [9.17, 15) is 0 Å². The zero-order chi connectivity index (χ0) is 12.8. The Hall–Kier alpha value is -1.71. The van der Waals surface area contributed by atoms with E-state index in [1.54, 1.807) is 0 Å². The van der Waals surface area contributed by atoms with Crippen LogP contribution >= 0.6 is 0 Å². The molecule has 0 amide bonds.